The van der Waals surface area contributed by atoms with Gasteiger partial charge >= 0.3 is 6.09 Å². The molecule has 0 spiro atoms. The largest absolute Gasteiger partial charge is 0.444 e. The van der Waals surface area contributed by atoms with Gasteiger partial charge < -0.3 is 14.7 Å². The highest BCUT2D eigenvalue weighted by Crippen LogP contribution is 2.27. The van der Waals surface area contributed by atoms with Gasteiger partial charge in [-0.3, -0.25) is 0 Å². The normalized spacial score (nSPS) is 19.7. The molecule has 1 aromatic rings. The Balaban J connectivity index is 1.92. The lowest BCUT2D eigenvalue weighted by Crippen LogP contribution is -2.36. The predicted molar refractivity (Wildman–Crippen MR) is 92.1 cm³/mol. The van der Waals surface area contributed by atoms with E-state index in [2.05, 4.69) is 0 Å². The molecular weight excluding hydrogens is 337 g/mol. The van der Waals surface area contributed by atoms with Crippen molar-refractivity contribution in [2.75, 3.05) is 13.1 Å². The zero-order valence-electron chi connectivity index (χ0n) is 13.7. The van der Waals surface area contributed by atoms with Crippen molar-refractivity contribution >= 4 is 29.3 Å². The maximum Gasteiger partial charge on any atom is 0.410 e. The maximum atomic E-state index is 12.1. The van der Waals surface area contributed by atoms with Crippen LogP contribution < -0.4 is 0 Å². The number of hydrogen-bond donors (Lipinski definition) is 1. The summed E-state index contributed by atoms with van der Waals surface area (Å²) in [5, 5.41) is 11.6. The van der Waals surface area contributed by atoms with E-state index in [0.717, 1.165) is 12.0 Å². The molecule has 1 N–H and O–H groups in total. The zero-order chi connectivity index (χ0) is 17.2. The number of halogens is 2. The van der Waals surface area contributed by atoms with Gasteiger partial charge in [-0.1, -0.05) is 29.3 Å². The van der Waals surface area contributed by atoms with Crippen molar-refractivity contribution < 1.29 is 14.6 Å². The van der Waals surface area contributed by atoms with Crippen molar-refractivity contribution in [2.45, 2.75) is 45.3 Å². The summed E-state index contributed by atoms with van der Waals surface area (Å²) in [6.45, 7) is 6.63. The molecule has 0 bridgehead atoms. The number of ether oxygens (including phenoxy) is 1. The first kappa shape index (κ1) is 18.4. The molecule has 0 aliphatic carbocycles. The topological polar surface area (TPSA) is 49.8 Å². The molecule has 1 heterocycles. The number of nitrogens with zero attached hydrogens (tertiary/aromatic N) is 1. The number of amides is 1. The van der Waals surface area contributed by atoms with Gasteiger partial charge in [0.15, 0.2) is 0 Å². The third-order valence-corrected chi connectivity index (χ3v) is 4.45. The van der Waals surface area contributed by atoms with Gasteiger partial charge in [0, 0.05) is 35.5 Å². The number of likely N-dealkylation sites (tertiary alicyclic amines) is 1. The molecule has 1 fully saturated rings. The van der Waals surface area contributed by atoms with Crippen LogP contribution in [-0.2, 0) is 11.2 Å². The highest BCUT2D eigenvalue weighted by Gasteiger charge is 2.33. The van der Waals surface area contributed by atoms with E-state index in [4.69, 9.17) is 27.9 Å². The van der Waals surface area contributed by atoms with Gasteiger partial charge in [0.2, 0.25) is 0 Å². The molecule has 0 radical (unpaired) electrons. The van der Waals surface area contributed by atoms with E-state index in [-0.39, 0.29) is 12.0 Å². The smallest absolute Gasteiger partial charge is 0.410 e. The minimum atomic E-state index is -0.555. The quantitative estimate of drug-likeness (QED) is 0.881. The van der Waals surface area contributed by atoms with Crippen LogP contribution in [0, 0.1) is 5.92 Å². The van der Waals surface area contributed by atoms with Gasteiger partial charge in [0.25, 0.3) is 0 Å². The lowest BCUT2D eigenvalue weighted by atomic mass is 9.95. The summed E-state index contributed by atoms with van der Waals surface area (Å²) in [7, 11) is 0. The Morgan fingerprint density at radius 3 is 2.74 bits per heavy atom. The fraction of sp³-hybridized carbons (Fsp3) is 0.588. The molecule has 6 heteroatoms. The molecule has 4 nitrogen and oxygen atoms in total. The number of hydrogen-bond acceptors (Lipinski definition) is 3. The van der Waals surface area contributed by atoms with E-state index in [1.54, 1.807) is 17.0 Å². The number of carbonyl (C=O) groups is 1. The number of benzene rings is 1. The SMILES string of the molecule is CC(C)(C)OC(=O)N1CCC(C(O)Cc2ccc(Cl)cc2Cl)C1. The van der Waals surface area contributed by atoms with E-state index in [0.29, 0.717) is 29.6 Å². The fourth-order valence-electron chi connectivity index (χ4n) is 2.67. The van der Waals surface area contributed by atoms with Crippen molar-refractivity contribution in [3.05, 3.63) is 33.8 Å². The molecule has 23 heavy (non-hydrogen) atoms. The summed E-state index contributed by atoms with van der Waals surface area (Å²) < 4.78 is 5.37. The molecule has 2 atom stereocenters. The minimum Gasteiger partial charge on any atom is -0.444 e. The summed E-state index contributed by atoms with van der Waals surface area (Å²) in [5.74, 6) is 0.0225. The second-order valence-corrected chi connectivity index (χ2v) is 7.83. The van der Waals surface area contributed by atoms with Crippen molar-refractivity contribution in [2.24, 2.45) is 5.92 Å². The minimum absolute atomic E-state index is 0.0225. The molecular formula is C17H23Cl2NO3. The summed E-state index contributed by atoms with van der Waals surface area (Å²) in [5.41, 5.74) is 0.351. The Morgan fingerprint density at radius 2 is 2.13 bits per heavy atom. The van der Waals surface area contributed by atoms with Crippen molar-refractivity contribution in [3.63, 3.8) is 0 Å². The van der Waals surface area contributed by atoms with Gasteiger partial charge in [-0.25, -0.2) is 4.79 Å². The molecule has 2 rings (SSSR count). The third-order valence-electron chi connectivity index (χ3n) is 3.86. The Hall–Kier alpha value is -0.970. The van der Waals surface area contributed by atoms with Crippen LogP contribution >= 0.6 is 23.2 Å². The average molecular weight is 360 g/mol. The van der Waals surface area contributed by atoms with Crippen molar-refractivity contribution in [1.82, 2.24) is 4.90 Å². The Kier molecular flexibility index (Phi) is 5.82. The fourth-order valence-corrected chi connectivity index (χ4v) is 3.16. The summed E-state index contributed by atoms with van der Waals surface area (Å²) in [4.78, 5) is 13.7. The first-order valence-corrected chi connectivity index (χ1v) is 8.51. The maximum absolute atomic E-state index is 12.1. The van der Waals surface area contributed by atoms with E-state index in [9.17, 15) is 9.90 Å². The van der Waals surface area contributed by atoms with Crippen LogP contribution in [0.4, 0.5) is 4.79 Å². The molecule has 1 aromatic carbocycles. The lowest BCUT2D eigenvalue weighted by molar-refractivity contribution is 0.0269. The molecule has 128 valence electrons. The molecule has 0 aromatic heterocycles. The van der Waals surface area contributed by atoms with Crippen LogP contribution in [0.25, 0.3) is 0 Å². The standard InChI is InChI=1S/C17H23Cl2NO3/c1-17(2,3)23-16(22)20-7-6-12(10-20)15(21)8-11-4-5-13(18)9-14(11)19/h4-5,9,12,15,21H,6-8,10H2,1-3H3. The Bertz CT molecular complexity index is 571. The summed E-state index contributed by atoms with van der Waals surface area (Å²) in [6.07, 6.45) is 0.326. The summed E-state index contributed by atoms with van der Waals surface area (Å²) >= 11 is 12.0. The van der Waals surface area contributed by atoms with Crippen LogP contribution in [-0.4, -0.2) is 40.9 Å². The van der Waals surface area contributed by atoms with E-state index in [1.807, 2.05) is 26.8 Å². The number of carbonyl (C=O) groups excluding carboxylic acids is 1. The first-order valence-electron chi connectivity index (χ1n) is 7.75. The zero-order valence-corrected chi connectivity index (χ0v) is 15.2. The van der Waals surface area contributed by atoms with E-state index < -0.39 is 11.7 Å². The van der Waals surface area contributed by atoms with Crippen LogP contribution in [0.5, 0.6) is 0 Å². The molecule has 0 saturated carbocycles. The number of aliphatic hydroxyl groups is 1. The molecule has 1 aliphatic rings. The van der Waals surface area contributed by atoms with Crippen LogP contribution in [0.15, 0.2) is 18.2 Å². The number of rotatable bonds is 3. The molecule has 1 saturated heterocycles. The molecule has 2 unspecified atom stereocenters. The molecule has 1 amide bonds. The highest BCUT2D eigenvalue weighted by atomic mass is 35.5. The van der Waals surface area contributed by atoms with Gasteiger partial charge in [0.1, 0.15) is 5.60 Å². The van der Waals surface area contributed by atoms with Crippen molar-refractivity contribution in [1.29, 1.82) is 0 Å². The lowest BCUT2D eigenvalue weighted by Gasteiger charge is -2.25. The Morgan fingerprint density at radius 1 is 1.43 bits per heavy atom. The summed E-state index contributed by atoms with van der Waals surface area (Å²) in [6, 6.07) is 5.26. The second kappa shape index (κ2) is 7.29. The van der Waals surface area contributed by atoms with Gasteiger partial charge in [-0.2, -0.15) is 0 Å². The predicted octanol–water partition coefficient (Wildman–Crippen LogP) is 4.15. The highest BCUT2D eigenvalue weighted by molar-refractivity contribution is 6.35. The number of aliphatic hydroxyl groups excluding tert-OH is 1. The van der Waals surface area contributed by atoms with Gasteiger partial charge in [-0.15, -0.1) is 0 Å². The Labute approximate surface area is 147 Å². The van der Waals surface area contributed by atoms with Crippen LogP contribution in [0.1, 0.15) is 32.8 Å². The van der Waals surface area contributed by atoms with E-state index in [1.165, 1.54) is 0 Å². The second-order valence-electron chi connectivity index (χ2n) is 6.98. The average Bonchev–Trinajstić information content (AvgIpc) is 2.90. The molecule has 1 aliphatic heterocycles. The third kappa shape index (κ3) is 5.27. The van der Waals surface area contributed by atoms with E-state index >= 15 is 0 Å². The van der Waals surface area contributed by atoms with Gasteiger partial charge in [0.05, 0.1) is 6.10 Å². The van der Waals surface area contributed by atoms with Crippen molar-refractivity contribution in [3.8, 4) is 0 Å². The first-order chi connectivity index (χ1) is 10.7. The van der Waals surface area contributed by atoms with Gasteiger partial charge in [-0.05, 0) is 44.9 Å². The monoisotopic (exact) mass is 359 g/mol. The van der Waals surface area contributed by atoms with Crippen LogP contribution in [0.2, 0.25) is 10.0 Å². The van der Waals surface area contributed by atoms with Crippen LogP contribution in [0.3, 0.4) is 0 Å².